The summed E-state index contributed by atoms with van der Waals surface area (Å²) in [4.78, 5) is 2.52. The summed E-state index contributed by atoms with van der Waals surface area (Å²) in [5.41, 5.74) is 7.42. The Kier molecular flexibility index (Phi) is 3.93. The number of benzene rings is 2. The molecule has 2 N–H and O–H groups in total. The minimum atomic E-state index is 0.422. The maximum Gasteiger partial charge on any atom is 0.0445 e. The molecule has 20 heavy (non-hydrogen) atoms. The van der Waals surface area contributed by atoms with Gasteiger partial charge in [-0.2, -0.15) is 0 Å². The van der Waals surface area contributed by atoms with Crippen molar-refractivity contribution in [3.8, 4) is 0 Å². The minimum Gasteiger partial charge on any atom is -0.371 e. The van der Waals surface area contributed by atoms with E-state index >= 15 is 0 Å². The Morgan fingerprint density at radius 3 is 2.65 bits per heavy atom. The van der Waals surface area contributed by atoms with Crippen molar-refractivity contribution < 1.29 is 0 Å². The molecule has 2 heteroatoms. The number of nitrogens with two attached hydrogens (primary N) is 1. The third-order valence-electron chi connectivity index (χ3n) is 4.55. The molecular formula is C18H24N2. The van der Waals surface area contributed by atoms with E-state index in [1.807, 2.05) is 0 Å². The van der Waals surface area contributed by atoms with E-state index in [9.17, 15) is 0 Å². The zero-order valence-electron chi connectivity index (χ0n) is 12.3. The molecule has 0 amide bonds. The normalized spacial score (nSPS) is 22.3. The molecule has 1 aliphatic carbocycles. The largest absolute Gasteiger partial charge is 0.371 e. The highest BCUT2D eigenvalue weighted by molar-refractivity contribution is 5.94. The van der Waals surface area contributed by atoms with Crippen LogP contribution in [0.1, 0.15) is 26.2 Å². The maximum atomic E-state index is 6.05. The predicted molar refractivity (Wildman–Crippen MR) is 87.2 cm³/mol. The maximum absolute atomic E-state index is 6.05. The molecule has 1 fully saturated rings. The van der Waals surface area contributed by atoms with Crippen molar-refractivity contribution in [3.05, 3.63) is 42.5 Å². The Hall–Kier alpha value is -1.54. The molecule has 1 aliphatic rings. The quantitative estimate of drug-likeness (QED) is 0.914. The van der Waals surface area contributed by atoms with Crippen LogP contribution in [0.25, 0.3) is 10.8 Å². The van der Waals surface area contributed by atoms with Crippen LogP contribution in [0.5, 0.6) is 0 Å². The molecule has 0 radical (unpaired) electrons. The molecule has 2 atom stereocenters. The first-order valence-corrected chi connectivity index (χ1v) is 7.76. The molecule has 1 saturated carbocycles. The van der Waals surface area contributed by atoms with Crippen molar-refractivity contribution in [2.75, 3.05) is 18.0 Å². The standard InChI is InChI=1S/C18H24N2/c1-2-20(13-14-10-11-16(19)12-14)18-9-5-7-15-6-3-4-8-17(15)18/h3-9,14,16H,2,10-13,19H2,1H3. The lowest BCUT2D eigenvalue weighted by atomic mass is 10.0. The molecule has 0 heterocycles. The van der Waals surface area contributed by atoms with Crippen LogP contribution in [0.2, 0.25) is 0 Å². The Bertz CT molecular complexity index is 573. The number of hydrogen-bond acceptors (Lipinski definition) is 2. The molecule has 2 aromatic carbocycles. The smallest absolute Gasteiger partial charge is 0.0445 e. The highest BCUT2D eigenvalue weighted by Gasteiger charge is 2.23. The van der Waals surface area contributed by atoms with E-state index in [2.05, 4.69) is 54.3 Å². The van der Waals surface area contributed by atoms with Gasteiger partial charge in [0.1, 0.15) is 0 Å². The van der Waals surface area contributed by atoms with Gasteiger partial charge >= 0.3 is 0 Å². The number of fused-ring (bicyclic) bond motifs is 1. The van der Waals surface area contributed by atoms with E-state index in [1.165, 1.54) is 35.7 Å². The number of hydrogen-bond donors (Lipinski definition) is 1. The van der Waals surface area contributed by atoms with Crippen LogP contribution in [0.4, 0.5) is 5.69 Å². The predicted octanol–water partition coefficient (Wildman–Crippen LogP) is 3.79. The van der Waals surface area contributed by atoms with Crippen LogP contribution in [-0.4, -0.2) is 19.1 Å². The highest BCUT2D eigenvalue weighted by Crippen LogP contribution is 2.30. The van der Waals surface area contributed by atoms with Gasteiger partial charge in [-0.3, -0.25) is 0 Å². The van der Waals surface area contributed by atoms with E-state index in [0.29, 0.717) is 6.04 Å². The van der Waals surface area contributed by atoms with Gasteiger partial charge in [0.15, 0.2) is 0 Å². The SMILES string of the molecule is CCN(CC1CCC(N)C1)c1cccc2ccccc12. The van der Waals surface area contributed by atoms with Crippen LogP contribution in [0.15, 0.2) is 42.5 Å². The summed E-state index contributed by atoms with van der Waals surface area (Å²) in [5, 5.41) is 2.69. The third-order valence-corrected chi connectivity index (χ3v) is 4.55. The van der Waals surface area contributed by atoms with Gasteiger partial charge in [-0.05, 0) is 43.6 Å². The first-order valence-electron chi connectivity index (χ1n) is 7.76. The van der Waals surface area contributed by atoms with Gasteiger partial charge in [0.25, 0.3) is 0 Å². The van der Waals surface area contributed by atoms with Gasteiger partial charge in [0, 0.05) is 30.2 Å². The van der Waals surface area contributed by atoms with E-state index in [-0.39, 0.29) is 0 Å². The second-order valence-electron chi connectivity index (χ2n) is 5.98. The molecule has 2 unspecified atom stereocenters. The fraction of sp³-hybridized carbons (Fsp3) is 0.444. The first kappa shape index (κ1) is 13.4. The zero-order valence-corrected chi connectivity index (χ0v) is 12.3. The molecule has 0 spiro atoms. The van der Waals surface area contributed by atoms with Crippen molar-refractivity contribution in [1.82, 2.24) is 0 Å². The van der Waals surface area contributed by atoms with Gasteiger partial charge < -0.3 is 10.6 Å². The second-order valence-corrected chi connectivity index (χ2v) is 5.98. The zero-order chi connectivity index (χ0) is 13.9. The van der Waals surface area contributed by atoms with Gasteiger partial charge in [0.05, 0.1) is 0 Å². The van der Waals surface area contributed by atoms with Gasteiger partial charge in [-0.15, -0.1) is 0 Å². The molecule has 2 nitrogen and oxygen atoms in total. The Balaban J connectivity index is 1.87. The fourth-order valence-electron chi connectivity index (χ4n) is 3.47. The van der Waals surface area contributed by atoms with Crippen LogP contribution >= 0.6 is 0 Å². The number of rotatable bonds is 4. The highest BCUT2D eigenvalue weighted by atomic mass is 15.1. The van der Waals surface area contributed by atoms with Crippen LogP contribution < -0.4 is 10.6 Å². The molecule has 3 rings (SSSR count). The molecule has 106 valence electrons. The van der Waals surface area contributed by atoms with Crippen molar-refractivity contribution in [2.24, 2.45) is 11.7 Å². The van der Waals surface area contributed by atoms with E-state index < -0.39 is 0 Å². The van der Waals surface area contributed by atoms with Crippen LogP contribution in [-0.2, 0) is 0 Å². The summed E-state index contributed by atoms with van der Waals surface area (Å²) in [6.45, 7) is 4.44. The number of anilines is 1. The average Bonchev–Trinajstić information content (AvgIpc) is 2.89. The van der Waals surface area contributed by atoms with E-state index in [1.54, 1.807) is 0 Å². The Morgan fingerprint density at radius 1 is 1.10 bits per heavy atom. The summed E-state index contributed by atoms with van der Waals surface area (Å²) in [6, 6.07) is 15.7. The summed E-state index contributed by atoms with van der Waals surface area (Å²) < 4.78 is 0. The lowest BCUT2D eigenvalue weighted by molar-refractivity contribution is 0.527. The first-order chi connectivity index (χ1) is 9.78. The van der Waals surface area contributed by atoms with Crippen LogP contribution in [0.3, 0.4) is 0 Å². The Labute approximate surface area is 121 Å². The van der Waals surface area contributed by atoms with Crippen molar-refractivity contribution >= 4 is 16.5 Å². The summed E-state index contributed by atoms with van der Waals surface area (Å²) in [6.07, 6.45) is 3.65. The monoisotopic (exact) mass is 268 g/mol. The second kappa shape index (κ2) is 5.84. The van der Waals surface area contributed by atoms with Gasteiger partial charge in [-0.1, -0.05) is 36.4 Å². The van der Waals surface area contributed by atoms with E-state index in [0.717, 1.165) is 19.0 Å². The summed E-state index contributed by atoms with van der Waals surface area (Å²) in [5.74, 6) is 0.754. The molecule has 0 aromatic heterocycles. The van der Waals surface area contributed by atoms with E-state index in [4.69, 9.17) is 5.73 Å². The van der Waals surface area contributed by atoms with Gasteiger partial charge in [-0.25, -0.2) is 0 Å². The topological polar surface area (TPSA) is 29.3 Å². The van der Waals surface area contributed by atoms with Crippen molar-refractivity contribution in [1.29, 1.82) is 0 Å². The lowest BCUT2D eigenvalue weighted by Gasteiger charge is -2.27. The van der Waals surface area contributed by atoms with Crippen molar-refractivity contribution in [3.63, 3.8) is 0 Å². The lowest BCUT2D eigenvalue weighted by Crippen LogP contribution is -2.29. The summed E-state index contributed by atoms with van der Waals surface area (Å²) in [7, 11) is 0. The average molecular weight is 268 g/mol. The fourth-order valence-corrected chi connectivity index (χ4v) is 3.47. The third kappa shape index (κ3) is 2.66. The molecule has 2 aromatic rings. The molecular weight excluding hydrogens is 244 g/mol. The molecule has 0 bridgehead atoms. The molecule has 0 saturated heterocycles. The van der Waals surface area contributed by atoms with Gasteiger partial charge in [0.2, 0.25) is 0 Å². The Morgan fingerprint density at radius 2 is 1.90 bits per heavy atom. The molecule has 0 aliphatic heterocycles. The van der Waals surface area contributed by atoms with Crippen LogP contribution in [0, 0.1) is 5.92 Å². The number of nitrogens with zero attached hydrogens (tertiary/aromatic N) is 1. The summed E-state index contributed by atoms with van der Waals surface area (Å²) >= 11 is 0. The van der Waals surface area contributed by atoms with Crippen molar-refractivity contribution in [2.45, 2.75) is 32.2 Å². The minimum absolute atomic E-state index is 0.422.